The summed E-state index contributed by atoms with van der Waals surface area (Å²) in [5, 5.41) is 0. The van der Waals surface area contributed by atoms with Crippen molar-refractivity contribution in [1.82, 2.24) is 0 Å². The highest BCUT2D eigenvalue weighted by Crippen LogP contribution is 2.30. The van der Waals surface area contributed by atoms with E-state index in [9.17, 15) is 9.59 Å². The minimum atomic E-state index is -0.376. The van der Waals surface area contributed by atoms with Crippen molar-refractivity contribution < 1.29 is 14.3 Å². The Bertz CT molecular complexity index is 519. The molecule has 0 bridgehead atoms. The normalized spacial score (nSPS) is 18.8. The number of halogens is 1. The predicted octanol–water partition coefficient (Wildman–Crippen LogP) is 1.69. The van der Waals surface area contributed by atoms with Crippen molar-refractivity contribution in [1.29, 1.82) is 0 Å². The van der Waals surface area contributed by atoms with Crippen molar-refractivity contribution in [2.75, 3.05) is 18.1 Å². The summed E-state index contributed by atoms with van der Waals surface area (Å²) in [6.07, 6.45) is 0.353. The van der Waals surface area contributed by atoms with Gasteiger partial charge in [-0.3, -0.25) is 4.79 Å². The number of carbonyl (C=O) groups excluding carboxylic acids is 2. The SMILES string of the molecule is CCOC(=O)c1ccc(N2CC(N)CC2=O)c(Br)c1. The van der Waals surface area contributed by atoms with Crippen LogP contribution < -0.4 is 10.6 Å². The molecule has 1 amide bonds. The Morgan fingerprint density at radius 1 is 1.58 bits per heavy atom. The van der Waals surface area contributed by atoms with E-state index in [0.29, 0.717) is 29.6 Å². The van der Waals surface area contributed by atoms with Crippen molar-refractivity contribution in [2.24, 2.45) is 5.73 Å². The minimum absolute atomic E-state index is 0.00270. The Kier molecular flexibility index (Phi) is 4.21. The van der Waals surface area contributed by atoms with Crippen molar-refractivity contribution in [3.8, 4) is 0 Å². The van der Waals surface area contributed by atoms with Crippen LogP contribution in [0.5, 0.6) is 0 Å². The molecule has 1 saturated heterocycles. The molecule has 0 saturated carbocycles. The van der Waals surface area contributed by atoms with Gasteiger partial charge in [-0.1, -0.05) is 0 Å². The summed E-state index contributed by atoms with van der Waals surface area (Å²) in [7, 11) is 0. The van der Waals surface area contributed by atoms with Gasteiger partial charge in [0.25, 0.3) is 0 Å². The van der Waals surface area contributed by atoms with E-state index in [-0.39, 0.29) is 17.9 Å². The number of nitrogens with two attached hydrogens (primary N) is 1. The number of anilines is 1. The van der Waals surface area contributed by atoms with Crippen molar-refractivity contribution in [2.45, 2.75) is 19.4 Å². The third-order valence-corrected chi connectivity index (χ3v) is 3.54. The fourth-order valence-electron chi connectivity index (χ4n) is 2.04. The first-order chi connectivity index (χ1) is 9.02. The van der Waals surface area contributed by atoms with Gasteiger partial charge in [0.05, 0.1) is 17.9 Å². The smallest absolute Gasteiger partial charge is 0.338 e. The summed E-state index contributed by atoms with van der Waals surface area (Å²) in [4.78, 5) is 25.0. The molecule has 1 aromatic rings. The lowest BCUT2D eigenvalue weighted by Gasteiger charge is -2.18. The number of rotatable bonds is 3. The van der Waals surface area contributed by atoms with Gasteiger partial charge in [-0.2, -0.15) is 0 Å². The molecule has 1 atom stereocenters. The molecule has 0 aromatic heterocycles. The maximum Gasteiger partial charge on any atom is 0.338 e. The number of carbonyl (C=O) groups is 2. The van der Waals surface area contributed by atoms with Crippen LogP contribution in [0.25, 0.3) is 0 Å². The van der Waals surface area contributed by atoms with Crippen LogP contribution in [0.3, 0.4) is 0 Å². The maximum absolute atomic E-state index is 11.8. The van der Waals surface area contributed by atoms with Crippen LogP contribution >= 0.6 is 15.9 Å². The lowest BCUT2D eigenvalue weighted by atomic mass is 10.2. The molecule has 0 radical (unpaired) electrons. The molecule has 1 aliphatic heterocycles. The molecule has 1 aliphatic rings. The molecule has 2 N–H and O–H groups in total. The second kappa shape index (κ2) is 5.71. The van der Waals surface area contributed by atoms with E-state index in [0.717, 1.165) is 5.69 Å². The van der Waals surface area contributed by atoms with Crippen LogP contribution in [0, 0.1) is 0 Å². The van der Waals surface area contributed by atoms with Crippen molar-refractivity contribution in [3.05, 3.63) is 28.2 Å². The summed E-state index contributed by atoms with van der Waals surface area (Å²) < 4.78 is 5.61. The Morgan fingerprint density at radius 3 is 2.84 bits per heavy atom. The lowest BCUT2D eigenvalue weighted by Crippen LogP contribution is -2.28. The fourth-order valence-corrected chi connectivity index (χ4v) is 2.63. The quantitative estimate of drug-likeness (QED) is 0.858. The molecule has 19 heavy (non-hydrogen) atoms. The third-order valence-electron chi connectivity index (χ3n) is 2.90. The standard InChI is InChI=1S/C13H15BrN2O3/c1-2-19-13(18)8-3-4-11(10(14)5-8)16-7-9(15)6-12(16)17/h3-5,9H,2,6-7,15H2,1H3. The lowest BCUT2D eigenvalue weighted by molar-refractivity contribution is -0.117. The van der Waals surface area contributed by atoms with Gasteiger partial charge in [0.2, 0.25) is 5.91 Å². The Morgan fingerprint density at radius 2 is 2.32 bits per heavy atom. The van der Waals surface area contributed by atoms with Gasteiger partial charge in [-0.25, -0.2) is 4.79 Å². The molecule has 0 aliphatic carbocycles. The first-order valence-corrected chi connectivity index (χ1v) is 6.84. The fraction of sp³-hybridized carbons (Fsp3) is 0.385. The van der Waals surface area contributed by atoms with Crippen molar-refractivity contribution >= 4 is 33.5 Å². The van der Waals surface area contributed by atoms with E-state index in [1.54, 1.807) is 30.0 Å². The minimum Gasteiger partial charge on any atom is -0.462 e. The largest absolute Gasteiger partial charge is 0.462 e. The Hall–Kier alpha value is -1.40. The molecular formula is C13H15BrN2O3. The zero-order valence-electron chi connectivity index (χ0n) is 10.6. The summed E-state index contributed by atoms with van der Waals surface area (Å²) in [5.74, 6) is -0.378. The molecule has 1 heterocycles. The summed E-state index contributed by atoms with van der Waals surface area (Å²) in [6, 6.07) is 4.90. The van der Waals surface area contributed by atoms with Crippen LogP contribution in [0.2, 0.25) is 0 Å². The summed E-state index contributed by atoms with van der Waals surface area (Å²) in [5.41, 5.74) is 6.95. The van der Waals surface area contributed by atoms with Crippen LogP contribution in [-0.4, -0.2) is 31.1 Å². The monoisotopic (exact) mass is 326 g/mol. The van der Waals surface area contributed by atoms with Crippen LogP contribution in [0.15, 0.2) is 22.7 Å². The zero-order chi connectivity index (χ0) is 14.0. The third kappa shape index (κ3) is 2.96. The Labute approximate surface area is 119 Å². The highest BCUT2D eigenvalue weighted by molar-refractivity contribution is 9.10. The van der Waals surface area contributed by atoms with E-state index >= 15 is 0 Å². The number of amides is 1. The molecule has 6 heteroatoms. The van der Waals surface area contributed by atoms with Gasteiger partial charge in [0.15, 0.2) is 0 Å². The van der Waals surface area contributed by atoms with Gasteiger partial charge < -0.3 is 15.4 Å². The molecule has 102 valence electrons. The number of nitrogens with zero attached hydrogens (tertiary/aromatic N) is 1. The second-order valence-corrected chi connectivity index (χ2v) is 5.21. The van der Waals surface area contributed by atoms with Crippen LogP contribution in [0.1, 0.15) is 23.7 Å². The van der Waals surface area contributed by atoms with Gasteiger partial charge >= 0.3 is 5.97 Å². The second-order valence-electron chi connectivity index (χ2n) is 4.36. The average molecular weight is 327 g/mol. The van der Waals surface area contributed by atoms with E-state index in [2.05, 4.69) is 15.9 Å². The van der Waals surface area contributed by atoms with Crippen LogP contribution in [0.4, 0.5) is 5.69 Å². The van der Waals surface area contributed by atoms with E-state index < -0.39 is 0 Å². The Balaban J connectivity index is 2.25. The number of esters is 1. The first-order valence-electron chi connectivity index (χ1n) is 6.05. The number of hydrogen-bond acceptors (Lipinski definition) is 4. The van der Waals surface area contributed by atoms with Gasteiger partial charge in [0.1, 0.15) is 0 Å². The van der Waals surface area contributed by atoms with Crippen LogP contribution in [-0.2, 0) is 9.53 Å². The summed E-state index contributed by atoms with van der Waals surface area (Å²) >= 11 is 3.38. The number of benzene rings is 1. The summed E-state index contributed by atoms with van der Waals surface area (Å²) in [6.45, 7) is 2.58. The van der Waals surface area contributed by atoms with E-state index in [4.69, 9.17) is 10.5 Å². The number of hydrogen-bond donors (Lipinski definition) is 1. The predicted molar refractivity (Wildman–Crippen MR) is 75.0 cm³/mol. The van der Waals surface area contributed by atoms with Crippen molar-refractivity contribution in [3.63, 3.8) is 0 Å². The molecule has 5 nitrogen and oxygen atoms in total. The molecule has 1 unspecified atom stereocenters. The molecule has 2 rings (SSSR count). The molecule has 1 aromatic carbocycles. The number of ether oxygens (including phenoxy) is 1. The van der Waals surface area contributed by atoms with Gasteiger partial charge in [-0.05, 0) is 41.1 Å². The molecule has 0 spiro atoms. The maximum atomic E-state index is 11.8. The topological polar surface area (TPSA) is 72.6 Å². The molecule has 1 fully saturated rings. The van der Waals surface area contributed by atoms with Gasteiger partial charge in [-0.15, -0.1) is 0 Å². The first kappa shape index (κ1) is 14.0. The van der Waals surface area contributed by atoms with Gasteiger partial charge in [0, 0.05) is 23.5 Å². The molecular weight excluding hydrogens is 312 g/mol. The highest BCUT2D eigenvalue weighted by Gasteiger charge is 2.29. The van der Waals surface area contributed by atoms with E-state index in [1.807, 2.05) is 0 Å². The van der Waals surface area contributed by atoms with E-state index in [1.165, 1.54) is 0 Å². The zero-order valence-corrected chi connectivity index (χ0v) is 12.1. The average Bonchev–Trinajstić information content (AvgIpc) is 2.68. The highest BCUT2D eigenvalue weighted by atomic mass is 79.9.